The van der Waals surface area contributed by atoms with Crippen LogP contribution in [0, 0.1) is 0 Å². The Balaban J connectivity index is 1.66. The van der Waals surface area contributed by atoms with Crippen LogP contribution >= 0.6 is 11.8 Å². The molecule has 0 amide bonds. The summed E-state index contributed by atoms with van der Waals surface area (Å²) in [6, 6.07) is 13.7. The molecule has 0 aliphatic heterocycles. The SMILES string of the molecule is Oc1ccccc1-c1nnc(SCc2ccccn2)n1C1CCC1. The highest BCUT2D eigenvalue weighted by atomic mass is 32.2. The molecule has 0 atom stereocenters. The average molecular weight is 338 g/mol. The molecule has 3 aromatic rings. The van der Waals surface area contributed by atoms with E-state index in [-0.39, 0.29) is 5.75 Å². The summed E-state index contributed by atoms with van der Waals surface area (Å²) in [5.74, 6) is 1.75. The lowest BCUT2D eigenvalue weighted by Crippen LogP contribution is -2.19. The second-order valence-electron chi connectivity index (χ2n) is 5.89. The van der Waals surface area contributed by atoms with E-state index in [2.05, 4.69) is 19.7 Å². The highest BCUT2D eigenvalue weighted by Gasteiger charge is 2.27. The van der Waals surface area contributed by atoms with Crippen LogP contribution in [0.1, 0.15) is 31.0 Å². The molecule has 0 bridgehead atoms. The summed E-state index contributed by atoms with van der Waals surface area (Å²) < 4.78 is 2.19. The van der Waals surface area contributed by atoms with Crippen molar-refractivity contribution in [1.29, 1.82) is 0 Å². The Morgan fingerprint density at radius 3 is 2.62 bits per heavy atom. The van der Waals surface area contributed by atoms with Gasteiger partial charge in [0.1, 0.15) is 5.75 Å². The normalized spacial score (nSPS) is 14.5. The Morgan fingerprint density at radius 2 is 1.92 bits per heavy atom. The lowest BCUT2D eigenvalue weighted by Gasteiger charge is -2.29. The van der Waals surface area contributed by atoms with Gasteiger partial charge in [-0.3, -0.25) is 9.55 Å². The van der Waals surface area contributed by atoms with Gasteiger partial charge in [-0.2, -0.15) is 0 Å². The fourth-order valence-corrected chi connectivity index (χ4v) is 3.74. The van der Waals surface area contributed by atoms with E-state index < -0.39 is 0 Å². The van der Waals surface area contributed by atoms with E-state index >= 15 is 0 Å². The van der Waals surface area contributed by atoms with Crippen molar-refractivity contribution in [3.63, 3.8) is 0 Å². The predicted molar refractivity (Wildman–Crippen MR) is 93.8 cm³/mol. The van der Waals surface area contributed by atoms with Gasteiger partial charge in [-0.1, -0.05) is 30.0 Å². The number of hydrogen-bond acceptors (Lipinski definition) is 5. The number of aromatic hydroxyl groups is 1. The summed E-state index contributed by atoms with van der Waals surface area (Å²) >= 11 is 1.64. The van der Waals surface area contributed by atoms with Gasteiger partial charge in [-0.15, -0.1) is 10.2 Å². The monoisotopic (exact) mass is 338 g/mol. The minimum Gasteiger partial charge on any atom is -0.507 e. The summed E-state index contributed by atoms with van der Waals surface area (Å²) in [6.07, 6.45) is 5.30. The second kappa shape index (κ2) is 6.65. The van der Waals surface area contributed by atoms with E-state index in [0.29, 0.717) is 6.04 Å². The standard InChI is InChI=1S/C18H18N4OS/c23-16-10-2-1-9-15(16)17-20-21-18(22(17)14-7-5-8-14)24-12-13-6-3-4-11-19-13/h1-4,6,9-11,14,23H,5,7-8,12H2. The lowest BCUT2D eigenvalue weighted by atomic mass is 9.92. The molecule has 6 heteroatoms. The molecule has 2 aromatic heterocycles. The van der Waals surface area contributed by atoms with Crippen LogP contribution < -0.4 is 0 Å². The molecule has 1 fully saturated rings. The number of phenolic OH excluding ortho intramolecular Hbond substituents is 1. The van der Waals surface area contributed by atoms with Gasteiger partial charge >= 0.3 is 0 Å². The second-order valence-corrected chi connectivity index (χ2v) is 6.83. The maximum Gasteiger partial charge on any atom is 0.192 e. The first-order valence-electron chi connectivity index (χ1n) is 8.09. The smallest absolute Gasteiger partial charge is 0.192 e. The fraction of sp³-hybridized carbons (Fsp3) is 0.278. The van der Waals surface area contributed by atoms with Crippen molar-refractivity contribution in [2.45, 2.75) is 36.2 Å². The molecular weight excluding hydrogens is 320 g/mol. The number of phenols is 1. The van der Waals surface area contributed by atoms with Crippen LogP contribution in [-0.4, -0.2) is 24.9 Å². The zero-order valence-electron chi connectivity index (χ0n) is 13.2. The molecule has 1 saturated carbocycles. The molecular formula is C18H18N4OS. The van der Waals surface area contributed by atoms with Crippen molar-refractivity contribution < 1.29 is 5.11 Å². The van der Waals surface area contributed by atoms with Gasteiger partial charge in [0.2, 0.25) is 0 Å². The Hall–Kier alpha value is -2.34. The molecule has 0 radical (unpaired) electrons. The van der Waals surface area contributed by atoms with E-state index in [1.165, 1.54) is 6.42 Å². The zero-order chi connectivity index (χ0) is 16.4. The molecule has 24 heavy (non-hydrogen) atoms. The van der Waals surface area contributed by atoms with Gasteiger partial charge in [0, 0.05) is 18.0 Å². The molecule has 1 N–H and O–H groups in total. The van der Waals surface area contributed by atoms with Crippen molar-refractivity contribution in [2.75, 3.05) is 0 Å². The van der Waals surface area contributed by atoms with Crippen LogP contribution in [0.15, 0.2) is 53.8 Å². The molecule has 4 rings (SSSR count). The molecule has 0 saturated heterocycles. The topological polar surface area (TPSA) is 63.8 Å². The average Bonchev–Trinajstić information content (AvgIpc) is 2.96. The van der Waals surface area contributed by atoms with Gasteiger partial charge < -0.3 is 5.11 Å². The van der Waals surface area contributed by atoms with Crippen LogP contribution in [-0.2, 0) is 5.75 Å². The Morgan fingerprint density at radius 1 is 1.08 bits per heavy atom. The third kappa shape index (κ3) is 2.89. The number of benzene rings is 1. The summed E-state index contributed by atoms with van der Waals surface area (Å²) in [5.41, 5.74) is 1.76. The largest absolute Gasteiger partial charge is 0.507 e. The third-order valence-electron chi connectivity index (χ3n) is 4.32. The number of nitrogens with zero attached hydrogens (tertiary/aromatic N) is 4. The first kappa shape index (κ1) is 15.2. The lowest BCUT2D eigenvalue weighted by molar-refractivity contribution is 0.299. The molecule has 0 spiro atoms. The van der Waals surface area contributed by atoms with E-state index in [1.807, 2.05) is 36.4 Å². The van der Waals surface area contributed by atoms with Crippen molar-refractivity contribution in [1.82, 2.24) is 19.7 Å². The number of pyridine rings is 1. The maximum absolute atomic E-state index is 10.2. The Kier molecular flexibility index (Phi) is 4.21. The van der Waals surface area contributed by atoms with Crippen LogP contribution in [0.2, 0.25) is 0 Å². The van der Waals surface area contributed by atoms with Gasteiger partial charge in [0.05, 0.1) is 11.3 Å². The van der Waals surface area contributed by atoms with Crippen LogP contribution in [0.4, 0.5) is 0 Å². The molecule has 1 aliphatic rings. The molecule has 0 unspecified atom stereocenters. The minimum absolute atomic E-state index is 0.242. The molecule has 5 nitrogen and oxygen atoms in total. The number of rotatable bonds is 5. The minimum atomic E-state index is 0.242. The van der Waals surface area contributed by atoms with Gasteiger partial charge in [-0.05, 0) is 43.5 Å². The van der Waals surface area contributed by atoms with Gasteiger partial charge in [-0.25, -0.2) is 0 Å². The molecule has 2 heterocycles. The molecule has 122 valence electrons. The van der Waals surface area contributed by atoms with Crippen molar-refractivity contribution in [3.8, 4) is 17.1 Å². The van der Waals surface area contributed by atoms with E-state index in [9.17, 15) is 5.11 Å². The number of aromatic nitrogens is 4. The van der Waals surface area contributed by atoms with Crippen molar-refractivity contribution >= 4 is 11.8 Å². The highest BCUT2D eigenvalue weighted by Crippen LogP contribution is 2.40. The van der Waals surface area contributed by atoms with Crippen molar-refractivity contribution in [3.05, 3.63) is 54.4 Å². The number of thioether (sulfide) groups is 1. The first-order valence-corrected chi connectivity index (χ1v) is 9.07. The Bertz CT molecular complexity index is 830. The van der Waals surface area contributed by atoms with Crippen LogP contribution in [0.25, 0.3) is 11.4 Å². The predicted octanol–water partition coefficient (Wildman–Crippen LogP) is 4.06. The van der Waals surface area contributed by atoms with E-state index in [0.717, 1.165) is 40.8 Å². The van der Waals surface area contributed by atoms with E-state index in [1.54, 1.807) is 24.0 Å². The van der Waals surface area contributed by atoms with E-state index in [4.69, 9.17) is 0 Å². The first-order chi connectivity index (χ1) is 11.8. The molecule has 1 aliphatic carbocycles. The van der Waals surface area contributed by atoms with Crippen molar-refractivity contribution in [2.24, 2.45) is 0 Å². The summed E-state index contributed by atoms with van der Waals surface area (Å²) in [7, 11) is 0. The summed E-state index contributed by atoms with van der Waals surface area (Å²) in [4.78, 5) is 4.36. The summed E-state index contributed by atoms with van der Waals surface area (Å²) in [6.45, 7) is 0. The fourth-order valence-electron chi connectivity index (χ4n) is 2.82. The highest BCUT2D eigenvalue weighted by molar-refractivity contribution is 7.98. The zero-order valence-corrected chi connectivity index (χ0v) is 14.0. The Labute approximate surface area is 144 Å². The van der Waals surface area contributed by atoms with Gasteiger partial charge in [0.15, 0.2) is 11.0 Å². The number of hydrogen-bond donors (Lipinski definition) is 1. The third-order valence-corrected chi connectivity index (χ3v) is 5.30. The quantitative estimate of drug-likeness (QED) is 0.711. The van der Waals surface area contributed by atoms with Gasteiger partial charge in [0.25, 0.3) is 0 Å². The van der Waals surface area contributed by atoms with Crippen LogP contribution in [0.3, 0.4) is 0 Å². The molecule has 1 aromatic carbocycles. The van der Waals surface area contributed by atoms with Crippen LogP contribution in [0.5, 0.6) is 5.75 Å². The number of para-hydroxylation sites is 1. The summed E-state index contributed by atoms with van der Waals surface area (Å²) in [5, 5.41) is 19.8. The maximum atomic E-state index is 10.2.